The molecular formula is C21H25N7O6. The second kappa shape index (κ2) is 8.65. The molecule has 2 aromatic heterocycles. The lowest BCUT2D eigenvalue weighted by atomic mass is 10.0. The van der Waals surface area contributed by atoms with Crippen LogP contribution in [-0.2, 0) is 9.47 Å². The molecule has 3 aliphatic heterocycles. The number of nitrogens with zero attached hydrogens (tertiary/aromatic N) is 6. The third-order valence-electron chi connectivity index (χ3n) is 5.82. The fraction of sp³-hybridized carbons (Fsp3) is 0.524. The van der Waals surface area contributed by atoms with Crippen LogP contribution in [0.1, 0.15) is 37.3 Å². The van der Waals surface area contributed by atoms with Gasteiger partial charge in [0.25, 0.3) is 0 Å². The first-order chi connectivity index (χ1) is 16.3. The third-order valence-corrected chi connectivity index (χ3v) is 5.82. The molecule has 0 saturated carbocycles. The van der Waals surface area contributed by atoms with Gasteiger partial charge in [-0.05, 0) is 26.7 Å². The van der Waals surface area contributed by atoms with E-state index in [0.717, 1.165) is 19.4 Å². The number of fused-ring (bicyclic) bond motifs is 4. The van der Waals surface area contributed by atoms with Crippen molar-refractivity contribution in [2.45, 2.75) is 44.6 Å². The molecule has 2 atom stereocenters. The summed E-state index contributed by atoms with van der Waals surface area (Å²) < 4.78 is 16.9. The average Bonchev–Trinajstić information content (AvgIpc) is 3.16. The molecule has 2 aromatic rings. The number of amides is 2. The average molecular weight is 471 g/mol. The Kier molecular flexibility index (Phi) is 5.65. The van der Waals surface area contributed by atoms with Gasteiger partial charge in [0.05, 0.1) is 24.5 Å². The smallest absolute Gasteiger partial charge is 0.374 e. The zero-order valence-corrected chi connectivity index (χ0v) is 18.8. The first-order valence-corrected chi connectivity index (χ1v) is 11.0. The minimum Gasteiger partial charge on any atom is -0.475 e. The minimum atomic E-state index is -1.26. The Balaban J connectivity index is 1.32. The number of hydrogen-bond donors (Lipinski definition) is 2. The summed E-state index contributed by atoms with van der Waals surface area (Å²) >= 11 is 0. The van der Waals surface area contributed by atoms with Gasteiger partial charge >= 0.3 is 12.0 Å². The molecule has 13 heteroatoms. The van der Waals surface area contributed by atoms with Gasteiger partial charge in [-0.1, -0.05) is 0 Å². The van der Waals surface area contributed by atoms with E-state index in [4.69, 9.17) is 14.2 Å². The molecule has 0 radical (unpaired) electrons. The Morgan fingerprint density at radius 3 is 2.94 bits per heavy atom. The Labute approximate surface area is 195 Å². The van der Waals surface area contributed by atoms with E-state index < -0.39 is 17.8 Å². The van der Waals surface area contributed by atoms with Gasteiger partial charge in [0.15, 0.2) is 11.6 Å². The molecular weight excluding hydrogens is 446 g/mol. The summed E-state index contributed by atoms with van der Waals surface area (Å²) in [5.74, 6) is -1.69. The second-order valence-corrected chi connectivity index (χ2v) is 8.73. The Bertz CT molecular complexity index is 1110. The maximum atomic E-state index is 13.3. The first-order valence-electron chi connectivity index (χ1n) is 11.0. The number of rotatable bonds is 5. The predicted molar refractivity (Wildman–Crippen MR) is 118 cm³/mol. The van der Waals surface area contributed by atoms with Crippen LogP contribution in [0.5, 0.6) is 5.88 Å². The van der Waals surface area contributed by atoms with Gasteiger partial charge in [-0.3, -0.25) is 10.2 Å². The van der Waals surface area contributed by atoms with E-state index in [9.17, 15) is 14.7 Å². The Morgan fingerprint density at radius 2 is 2.18 bits per heavy atom. The standard InChI is InChI=1S/C21H25N7O6/c1-21(2)33-11-13(34-21)10-32-15-5-6-22-19(24-15)26-20(31)28-12-4-3-7-27(9-12)14-8-23-16(18(29)30)25-17(14)28/h5-6,8,12-13H,3-4,7,9-11H2,1-2H3,(H,29,30)(H,22,24,26,31)/t12-,13+/m0/s1. The molecule has 0 spiro atoms. The van der Waals surface area contributed by atoms with E-state index in [1.165, 1.54) is 17.3 Å². The molecule has 2 amide bonds. The SMILES string of the molecule is CC1(C)OC[C@@H](COc2ccnc(NC(=O)N3c4nc(C(=O)O)ncc4N4CCC[C@H]3C4)n2)O1. The fourth-order valence-corrected chi connectivity index (χ4v) is 4.35. The number of carbonyl (C=O) groups is 2. The zero-order chi connectivity index (χ0) is 23.9. The van der Waals surface area contributed by atoms with Crippen LogP contribution in [0, 0.1) is 0 Å². The van der Waals surface area contributed by atoms with Crippen molar-refractivity contribution in [1.82, 2.24) is 19.9 Å². The van der Waals surface area contributed by atoms with Gasteiger partial charge in [0, 0.05) is 25.4 Å². The molecule has 2 N–H and O–H groups in total. The van der Waals surface area contributed by atoms with Crippen LogP contribution in [0.15, 0.2) is 18.5 Å². The number of aromatic nitrogens is 4. The van der Waals surface area contributed by atoms with Crippen molar-refractivity contribution in [3.8, 4) is 5.88 Å². The van der Waals surface area contributed by atoms with E-state index in [1.807, 2.05) is 13.8 Å². The van der Waals surface area contributed by atoms with Crippen LogP contribution in [-0.4, -0.2) is 81.3 Å². The third kappa shape index (κ3) is 4.43. The van der Waals surface area contributed by atoms with Crippen LogP contribution in [0.2, 0.25) is 0 Å². The topological polar surface area (TPSA) is 152 Å². The van der Waals surface area contributed by atoms with Gasteiger partial charge < -0.3 is 24.2 Å². The van der Waals surface area contributed by atoms with Crippen LogP contribution in [0.25, 0.3) is 0 Å². The number of nitrogens with one attached hydrogen (secondary N) is 1. The van der Waals surface area contributed by atoms with E-state index in [2.05, 4.69) is 30.2 Å². The normalized spacial score (nSPS) is 22.8. The summed E-state index contributed by atoms with van der Waals surface area (Å²) in [6.07, 6.45) is 4.35. The maximum absolute atomic E-state index is 13.3. The number of anilines is 3. The summed E-state index contributed by atoms with van der Waals surface area (Å²) in [6.45, 7) is 5.72. The second-order valence-electron chi connectivity index (χ2n) is 8.73. The molecule has 34 heavy (non-hydrogen) atoms. The van der Waals surface area contributed by atoms with Crippen molar-refractivity contribution in [3.63, 3.8) is 0 Å². The summed E-state index contributed by atoms with van der Waals surface area (Å²) in [6, 6.07) is 0.910. The molecule has 5 rings (SSSR count). The highest BCUT2D eigenvalue weighted by molar-refractivity contribution is 6.03. The van der Waals surface area contributed by atoms with E-state index in [-0.39, 0.29) is 42.2 Å². The predicted octanol–water partition coefficient (Wildman–Crippen LogP) is 1.52. The zero-order valence-electron chi connectivity index (χ0n) is 18.8. The van der Waals surface area contributed by atoms with Crippen LogP contribution in [0.4, 0.5) is 22.2 Å². The van der Waals surface area contributed by atoms with Crippen molar-refractivity contribution in [2.75, 3.05) is 41.4 Å². The monoisotopic (exact) mass is 471 g/mol. The molecule has 3 aliphatic rings. The number of aromatic carboxylic acids is 1. The van der Waals surface area contributed by atoms with Crippen molar-refractivity contribution in [1.29, 1.82) is 0 Å². The Morgan fingerprint density at radius 1 is 1.32 bits per heavy atom. The number of piperidine rings is 1. The van der Waals surface area contributed by atoms with Gasteiger partial charge in [0.1, 0.15) is 12.7 Å². The number of carboxylic acid groups (broad SMARTS) is 1. The first kappa shape index (κ1) is 22.2. The molecule has 5 heterocycles. The number of ether oxygens (including phenoxy) is 3. The lowest BCUT2D eigenvalue weighted by Gasteiger charge is -2.45. The number of carboxylic acids is 1. The lowest BCUT2D eigenvalue weighted by Crippen LogP contribution is -2.56. The van der Waals surface area contributed by atoms with Crippen molar-refractivity contribution >= 4 is 29.5 Å². The number of hydrogen-bond acceptors (Lipinski definition) is 10. The highest BCUT2D eigenvalue weighted by Gasteiger charge is 2.39. The van der Waals surface area contributed by atoms with Crippen molar-refractivity contribution in [2.24, 2.45) is 0 Å². The highest BCUT2D eigenvalue weighted by atomic mass is 16.7. The Hall–Kier alpha value is -3.58. The minimum absolute atomic E-state index is 0.0544. The van der Waals surface area contributed by atoms with Crippen molar-refractivity contribution < 1.29 is 28.9 Å². The maximum Gasteiger partial charge on any atom is 0.374 e. The lowest BCUT2D eigenvalue weighted by molar-refractivity contribution is -0.141. The van der Waals surface area contributed by atoms with E-state index >= 15 is 0 Å². The largest absolute Gasteiger partial charge is 0.475 e. The number of carbonyl (C=O) groups excluding carboxylic acids is 1. The molecule has 2 fully saturated rings. The summed E-state index contributed by atoms with van der Waals surface area (Å²) in [7, 11) is 0. The van der Waals surface area contributed by atoms with Gasteiger partial charge in [-0.2, -0.15) is 4.98 Å². The van der Waals surface area contributed by atoms with E-state index in [1.54, 1.807) is 6.07 Å². The number of urea groups is 1. The van der Waals surface area contributed by atoms with E-state index in [0.29, 0.717) is 18.8 Å². The molecule has 0 aromatic carbocycles. The molecule has 2 bridgehead atoms. The molecule has 0 unspecified atom stereocenters. The van der Waals surface area contributed by atoms with Crippen molar-refractivity contribution in [3.05, 3.63) is 24.3 Å². The summed E-state index contributed by atoms with van der Waals surface area (Å²) in [4.78, 5) is 44.7. The van der Waals surface area contributed by atoms with Gasteiger partial charge in [0.2, 0.25) is 17.7 Å². The quantitative estimate of drug-likeness (QED) is 0.653. The molecule has 0 aliphatic carbocycles. The summed E-state index contributed by atoms with van der Waals surface area (Å²) in [5.41, 5.74) is 0.621. The van der Waals surface area contributed by atoms with Crippen LogP contribution >= 0.6 is 0 Å². The molecule has 13 nitrogen and oxygen atoms in total. The molecule has 180 valence electrons. The van der Waals surface area contributed by atoms with Crippen LogP contribution < -0.4 is 19.9 Å². The fourth-order valence-electron chi connectivity index (χ4n) is 4.35. The van der Waals surface area contributed by atoms with Gasteiger partial charge in [-0.15, -0.1) is 0 Å². The van der Waals surface area contributed by atoms with Crippen LogP contribution in [0.3, 0.4) is 0 Å². The summed E-state index contributed by atoms with van der Waals surface area (Å²) in [5, 5.41) is 12.0. The molecule has 2 saturated heterocycles. The van der Waals surface area contributed by atoms with Gasteiger partial charge in [-0.25, -0.2) is 24.5 Å². The highest BCUT2D eigenvalue weighted by Crippen LogP contribution is 2.37.